The zero-order valence-electron chi connectivity index (χ0n) is 16.9. The number of anilines is 4. The fourth-order valence-corrected chi connectivity index (χ4v) is 3.34. The number of benzene rings is 2. The van der Waals surface area contributed by atoms with E-state index in [0.29, 0.717) is 29.3 Å². The molecule has 8 heteroatoms. The van der Waals surface area contributed by atoms with Crippen molar-refractivity contribution >= 4 is 45.6 Å². The number of fused-ring (bicyclic) bond motifs is 1. The van der Waals surface area contributed by atoms with Gasteiger partial charge in [0.25, 0.3) is 5.91 Å². The Morgan fingerprint density at radius 2 is 1.84 bits per heavy atom. The zero-order valence-corrected chi connectivity index (χ0v) is 16.9. The number of pyridine rings is 1. The maximum absolute atomic E-state index is 11.9. The fourth-order valence-electron chi connectivity index (χ4n) is 3.34. The highest BCUT2D eigenvalue weighted by atomic mass is 16.1. The van der Waals surface area contributed by atoms with Crippen LogP contribution in [0.5, 0.6) is 0 Å². The number of aromatic nitrogens is 2. The van der Waals surface area contributed by atoms with Crippen LogP contribution in [0.15, 0.2) is 67.0 Å². The molecule has 0 bridgehead atoms. The van der Waals surface area contributed by atoms with E-state index in [4.69, 9.17) is 5.73 Å². The summed E-state index contributed by atoms with van der Waals surface area (Å²) >= 11 is 0. The third kappa shape index (κ3) is 4.64. The highest BCUT2D eigenvalue weighted by Gasteiger charge is 2.11. The lowest BCUT2D eigenvalue weighted by atomic mass is 10.1. The average Bonchev–Trinajstić information content (AvgIpc) is 3.23. The molecule has 0 saturated heterocycles. The van der Waals surface area contributed by atoms with Crippen molar-refractivity contribution in [1.29, 1.82) is 0 Å². The van der Waals surface area contributed by atoms with E-state index in [9.17, 15) is 9.59 Å². The molecule has 31 heavy (non-hydrogen) atoms. The second-order valence-electron chi connectivity index (χ2n) is 7.08. The van der Waals surface area contributed by atoms with Gasteiger partial charge in [0.05, 0.1) is 16.8 Å². The number of hydrogen-bond acceptors (Lipinski definition) is 5. The van der Waals surface area contributed by atoms with Gasteiger partial charge in [0.1, 0.15) is 5.82 Å². The smallest absolute Gasteiger partial charge is 0.252 e. The van der Waals surface area contributed by atoms with Gasteiger partial charge in [-0.15, -0.1) is 0 Å². The summed E-state index contributed by atoms with van der Waals surface area (Å²) in [5.74, 6) is -0.132. The molecule has 0 aliphatic rings. The van der Waals surface area contributed by atoms with Gasteiger partial charge in [-0.25, -0.2) is 4.98 Å². The molecule has 0 aliphatic heterocycles. The van der Waals surface area contributed by atoms with Crippen LogP contribution in [-0.2, 0) is 11.3 Å². The number of para-hydroxylation sites is 1. The summed E-state index contributed by atoms with van der Waals surface area (Å²) in [7, 11) is 0. The van der Waals surface area contributed by atoms with Crippen LogP contribution in [-0.4, -0.2) is 21.8 Å². The first-order chi connectivity index (χ1) is 15.0. The molecule has 0 spiro atoms. The van der Waals surface area contributed by atoms with Crippen molar-refractivity contribution in [3.05, 3.63) is 78.1 Å². The number of nitrogens with two attached hydrogens (primary N) is 1. The number of carbonyl (C=O) groups excluding carboxylic acids is 2. The van der Waals surface area contributed by atoms with Gasteiger partial charge in [-0.2, -0.15) is 0 Å². The minimum absolute atomic E-state index is 0.129. The van der Waals surface area contributed by atoms with Crippen molar-refractivity contribution in [2.75, 3.05) is 16.0 Å². The molecule has 0 fully saturated rings. The quantitative estimate of drug-likeness (QED) is 0.313. The lowest BCUT2D eigenvalue weighted by molar-refractivity contribution is -0.114. The Hall–Kier alpha value is -4.33. The van der Waals surface area contributed by atoms with Crippen molar-refractivity contribution in [3.8, 4) is 0 Å². The predicted molar refractivity (Wildman–Crippen MR) is 122 cm³/mol. The molecule has 0 aliphatic carbocycles. The lowest BCUT2D eigenvalue weighted by Gasteiger charge is -2.13. The summed E-state index contributed by atoms with van der Waals surface area (Å²) in [5, 5.41) is 10.3. The molecule has 2 amide bonds. The molecule has 8 nitrogen and oxygen atoms in total. The van der Waals surface area contributed by atoms with Crippen molar-refractivity contribution < 1.29 is 9.59 Å². The molecule has 0 radical (unpaired) electrons. The Morgan fingerprint density at radius 1 is 1.06 bits per heavy atom. The van der Waals surface area contributed by atoms with Gasteiger partial charge < -0.3 is 26.7 Å². The molecular formula is C23H22N6O2. The van der Waals surface area contributed by atoms with Crippen molar-refractivity contribution in [2.45, 2.75) is 13.5 Å². The fraction of sp³-hybridized carbons (Fsp3) is 0.0870. The molecule has 2 aromatic carbocycles. The van der Waals surface area contributed by atoms with Crippen LogP contribution in [0.3, 0.4) is 0 Å². The van der Waals surface area contributed by atoms with Gasteiger partial charge in [-0.1, -0.05) is 18.2 Å². The van der Waals surface area contributed by atoms with Gasteiger partial charge in [0.15, 0.2) is 0 Å². The molecule has 4 rings (SSSR count). The maximum Gasteiger partial charge on any atom is 0.252 e. The van der Waals surface area contributed by atoms with E-state index in [-0.39, 0.29) is 5.91 Å². The SMILES string of the molecule is CC(=O)Nc1ccc(Nc2cc(NCc3cccc4cc[nH]c34)c(C(N)=O)cn2)cc1. The van der Waals surface area contributed by atoms with Crippen LogP contribution >= 0.6 is 0 Å². The molecule has 0 atom stereocenters. The van der Waals surface area contributed by atoms with Crippen LogP contribution in [0.1, 0.15) is 22.8 Å². The maximum atomic E-state index is 11.9. The molecule has 156 valence electrons. The van der Waals surface area contributed by atoms with E-state index in [1.807, 2.05) is 42.6 Å². The topological polar surface area (TPSA) is 125 Å². The minimum Gasteiger partial charge on any atom is -0.380 e. The number of rotatable bonds is 7. The molecule has 4 aromatic rings. The summed E-state index contributed by atoms with van der Waals surface area (Å²) in [6.07, 6.45) is 3.35. The van der Waals surface area contributed by atoms with E-state index in [1.165, 1.54) is 13.1 Å². The molecule has 6 N–H and O–H groups in total. The van der Waals surface area contributed by atoms with Gasteiger partial charge in [0, 0.05) is 43.3 Å². The molecule has 0 unspecified atom stereocenters. The predicted octanol–water partition coefficient (Wildman–Crippen LogP) is 3.98. The third-order valence-electron chi connectivity index (χ3n) is 4.79. The van der Waals surface area contributed by atoms with Gasteiger partial charge in [0.2, 0.25) is 5.91 Å². The van der Waals surface area contributed by atoms with Crippen LogP contribution in [0, 0.1) is 0 Å². The number of H-pyrrole nitrogens is 1. The lowest BCUT2D eigenvalue weighted by Crippen LogP contribution is -2.15. The van der Waals surface area contributed by atoms with E-state index in [2.05, 4.69) is 25.9 Å². The van der Waals surface area contributed by atoms with Crippen LogP contribution in [0.2, 0.25) is 0 Å². The van der Waals surface area contributed by atoms with E-state index in [1.54, 1.807) is 18.2 Å². The number of carbonyl (C=O) groups is 2. The van der Waals surface area contributed by atoms with Crippen molar-refractivity contribution in [3.63, 3.8) is 0 Å². The van der Waals surface area contributed by atoms with Crippen molar-refractivity contribution in [1.82, 2.24) is 9.97 Å². The van der Waals surface area contributed by atoms with E-state index >= 15 is 0 Å². The van der Waals surface area contributed by atoms with Crippen LogP contribution in [0.25, 0.3) is 10.9 Å². The van der Waals surface area contributed by atoms with Gasteiger partial charge >= 0.3 is 0 Å². The summed E-state index contributed by atoms with van der Waals surface area (Å²) in [6, 6.07) is 17.0. The second-order valence-corrected chi connectivity index (χ2v) is 7.08. The van der Waals surface area contributed by atoms with Crippen LogP contribution < -0.4 is 21.7 Å². The Labute approximate surface area is 178 Å². The highest BCUT2D eigenvalue weighted by Crippen LogP contribution is 2.24. The van der Waals surface area contributed by atoms with E-state index in [0.717, 1.165) is 22.2 Å². The first kappa shape index (κ1) is 20.0. The summed E-state index contributed by atoms with van der Waals surface area (Å²) in [5.41, 5.74) is 10.0. The number of aromatic amines is 1. The Bertz CT molecular complexity index is 1250. The zero-order chi connectivity index (χ0) is 21.8. The van der Waals surface area contributed by atoms with Crippen LogP contribution in [0.4, 0.5) is 22.9 Å². The normalized spacial score (nSPS) is 10.6. The first-order valence-corrected chi connectivity index (χ1v) is 9.73. The first-order valence-electron chi connectivity index (χ1n) is 9.73. The van der Waals surface area contributed by atoms with Gasteiger partial charge in [-0.3, -0.25) is 9.59 Å². The Balaban J connectivity index is 1.54. The monoisotopic (exact) mass is 414 g/mol. The standard InChI is InChI=1S/C23H22N6O2/c1-14(30)28-17-5-7-18(8-6-17)29-21-11-20(19(13-27-21)23(24)31)26-12-16-4-2-3-15-9-10-25-22(15)16/h2-11,13,25H,12H2,1H3,(H2,24,31)(H,28,30)(H2,26,27,29). The minimum atomic E-state index is -0.556. The van der Waals surface area contributed by atoms with Gasteiger partial charge in [-0.05, 0) is 41.3 Å². The molecule has 2 aromatic heterocycles. The second kappa shape index (κ2) is 8.58. The Morgan fingerprint density at radius 3 is 2.58 bits per heavy atom. The number of hydrogen-bond donors (Lipinski definition) is 5. The number of amides is 2. The number of nitrogens with zero attached hydrogens (tertiary/aromatic N) is 1. The number of nitrogens with one attached hydrogen (secondary N) is 4. The van der Waals surface area contributed by atoms with Crippen molar-refractivity contribution in [2.24, 2.45) is 5.73 Å². The third-order valence-corrected chi connectivity index (χ3v) is 4.79. The molecule has 0 saturated carbocycles. The average molecular weight is 414 g/mol. The molecule has 2 heterocycles. The highest BCUT2D eigenvalue weighted by molar-refractivity contribution is 5.98. The molecular weight excluding hydrogens is 392 g/mol. The number of primary amides is 1. The van der Waals surface area contributed by atoms with E-state index < -0.39 is 5.91 Å². The Kier molecular flexibility index (Phi) is 5.53. The summed E-state index contributed by atoms with van der Waals surface area (Å²) in [4.78, 5) is 30.6. The largest absolute Gasteiger partial charge is 0.380 e. The summed E-state index contributed by atoms with van der Waals surface area (Å²) < 4.78 is 0. The summed E-state index contributed by atoms with van der Waals surface area (Å²) in [6.45, 7) is 1.97.